The molecule has 106 valence electrons. The van der Waals surface area contributed by atoms with Gasteiger partial charge in [0.15, 0.2) is 5.13 Å². The van der Waals surface area contributed by atoms with Gasteiger partial charge in [0, 0.05) is 6.07 Å². The van der Waals surface area contributed by atoms with Gasteiger partial charge in [-0.15, -0.1) is 0 Å². The van der Waals surface area contributed by atoms with Gasteiger partial charge in [0.25, 0.3) is 0 Å². The van der Waals surface area contributed by atoms with Crippen LogP contribution in [0.5, 0.6) is 0 Å². The third-order valence-electron chi connectivity index (χ3n) is 2.05. The highest BCUT2D eigenvalue weighted by molar-refractivity contribution is 7.92. The van der Waals surface area contributed by atoms with Crippen molar-refractivity contribution in [3.63, 3.8) is 0 Å². The van der Waals surface area contributed by atoms with Crippen molar-refractivity contribution in [2.24, 2.45) is 0 Å². The van der Waals surface area contributed by atoms with E-state index in [0.29, 0.717) is 16.3 Å². The first kappa shape index (κ1) is 14.5. The summed E-state index contributed by atoms with van der Waals surface area (Å²) in [5.41, 5.74) is 0.326. The van der Waals surface area contributed by atoms with E-state index in [0.717, 1.165) is 11.3 Å². The van der Waals surface area contributed by atoms with Gasteiger partial charge in [0.05, 0.1) is 11.1 Å². The average molecular weight is 313 g/mol. The van der Waals surface area contributed by atoms with Gasteiger partial charge in [-0.2, -0.15) is 0 Å². The third-order valence-corrected chi connectivity index (χ3v) is 4.19. The summed E-state index contributed by atoms with van der Waals surface area (Å²) < 4.78 is 31.0. The number of nitrogens with one attached hydrogen (secondary N) is 1. The quantitative estimate of drug-likeness (QED) is 0.806. The Kier molecular flexibility index (Phi) is 4.39. The number of aryl methyl sites for hydroxylation is 1. The predicted molar refractivity (Wildman–Crippen MR) is 73.6 cm³/mol. The Balaban J connectivity index is 2.06. The lowest BCUT2D eigenvalue weighted by atomic mass is 10.4. The number of nitrogens with zero attached hydrogens (tertiary/aromatic N) is 2. The fourth-order valence-electron chi connectivity index (χ4n) is 1.36. The molecule has 0 amide bonds. The Morgan fingerprint density at radius 2 is 2.35 bits per heavy atom. The molecule has 20 heavy (non-hydrogen) atoms. The minimum Gasteiger partial charge on any atom is -0.384 e. The van der Waals surface area contributed by atoms with E-state index in [2.05, 4.69) is 26.7 Å². The molecule has 0 saturated carbocycles. The summed E-state index contributed by atoms with van der Waals surface area (Å²) in [7, 11) is -3.60. The molecule has 0 aliphatic rings. The van der Waals surface area contributed by atoms with Gasteiger partial charge in [-0.25, -0.2) is 13.4 Å². The molecule has 0 atom stereocenters. The largest absolute Gasteiger partial charge is 0.384 e. The highest BCUT2D eigenvalue weighted by Crippen LogP contribution is 2.19. The van der Waals surface area contributed by atoms with Gasteiger partial charge in [-0.1, -0.05) is 28.3 Å². The molecule has 9 heteroatoms. The van der Waals surface area contributed by atoms with Crippen LogP contribution in [-0.2, 0) is 15.8 Å². The maximum Gasteiger partial charge on any atom is 0.240 e. The standard InChI is InChI=1S/C11H11N3O4S2/c1-8-5-9(13-18-8)7-20(16,17)14-11-12-6-10(19-11)3-2-4-15/h5-6,15H,4,7H2,1H3,(H,12,14). The Labute approximate surface area is 119 Å². The van der Waals surface area contributed by atoms with Gasteiger partial charge in [0.1, 0.15) is 23.8 Å². The number of rotatable bonds is 4. The summed E-state index contributed by atoms with van der Waals surface area (Å²) in [5.74, 6) is 5.36. The molecule has 0 radical (unpaired) electrons. The molecule has 0 unspecified atom stereocenters. The van der Waals surface area contributed by atoms with E-state index < -0.39 is 10.0 Å². The lowest BCUT2D eigenvalue weighted by Crippen LogP contribution is -2.15. The monoisotopic (exact) mass is 313 g/mol. The molecular formula is C11H11N3O4S2. The predicted octanol–water partition coefficient (Wildman–Crippen LogP) is 0.725. The topological polar surface area (TPSA) is 105 Å². The summed E-state index contributed by atoms with van der Waals surface area (Å²) in [4.78, 5) is 4.47. The van der Waals surface area contributed by atoms with E-state index in [1.165, 1.54) is 6.20 Å². The number of hydrogen-bond donors (Lipinski definition) is 2. The first-order valence-electron chi connectivity index (χ1n) is 5.47. The lowest BCUT2D eigenvalue weighted by Gasteiger charge is -2.01. The first-order chi connectivity index (χ1) is 9.48. The van der Waals surface area contributed by atoms with Crippen LogP contribution in [-0.4, -0.2) is 30.3 Å². The fourth-order valence-corrected chi connectivity index (χ4v) is 3.36. The zero-order valence-corrected chi connectivity index (χ0v) is 12.1. The van der Waals surface area contributed by atoms with Crippen LogP contribution in [0.3, 0.4) is 0 Å². The van der Waals surface area contributed by atoms with E-state index in [-0.39, 0.29) is 17.5 Å². The normalized spacial score (nSPS) is 10.9. The first-order valence-corrected chi connectivity index (χ1v) is 7.93. The summed E-state index contributed by atoms with van der Waals surface area (Å²) in [6.07, 6.45) is 1.44. The Bertz CT molecular complexity index is 752. The second-order valence-electron chi connectivity index (χ2n) is 3.78. The molecule has 0 aromatic carbocycles. The van der Waals surface area contributed by atoms with Crippen molar-refractivity contribution in [2.75, 3.05) is 11.3 Å². The number of hydrogen-bond acceptors (Lipinski definition) is 7. The van der Waals surface area contributed by atoms with E-state index >= 15 is 0 Å². The van der Waals surface area contributed by atoms with Crippen LogP contribution in [0, 0.1) is 18.8 Å². The van der Waals surface area contributed by atoms with Crippen LogP contribution in [0.1, 0.15) is 16.3 Å². The summed E-state index contributed by atoms with van der Waals surface area (Å²) >= 11 is 1.09. The number of aromatic nitrogens is 2. The maximum atomic E-state index is 11.9. The van der Waals surface area contributed by atoms with Crippen molar-refractivity contribution in [2.45, 2.75) is 12.7 Å². The maximum absolute atomic E-state index is 11.9. The van der Waals surface area contributed by atoms with Gasteiger partial charge >= 0.3 is 0 Å². The summed E-state index contributed by atoms with van der Waals surface area (Å²) in [5, 5.41) is 12.4. The molecule has 0 saturated heterocycles. The average Bonchev–Trinajstić information content (AvgIpc) is 2.95. The van der Waals surface area contributed by atoms with Crippen LogP contribution >= 0.6 is 11.3 Å². The van der Waals surface area contributed by atoms with Gasteiger partial charge in [-0.05, 0) is 6.92 Å². The van der Waals surface area contributed by atoms with Crippen molar-refractivity contribution in [3.8, 4) is 11.8 Å². The van der Waals surface area contributed by atoms with Crippen molar-refractivity contribution < 1.29 is 18.0 Å². The number of anilines is 1. The highest BCUT2D eigenvalue weighted by atomic mass is 32.2. The van der Waals surface area contributed by atoms with Crippen LogP contribution in [0.25, 0.3) is 0 Å². The highest BCUT2D eigenvalue weighted by Gasteiger charge is 2.16. The molecule has 7 nitrogen and oxygen atoms in total. The number of thiazole rings is 1. The number of sulfonamides is 1. The molecule has 0 bridgehead atoms. The van der Waals surface area contributed by atoms with Crippen molar-refractivity contribution in [1.29, 1.82) is 0 Å². The van der Waals surface area contributed by atoms with E-state index in [9.17, 15) is 8.42 Å². The summed E-state index contributed by atoms with van der Waals surface area (Å²) in [6, 6.07) is 1.55. The van der Waals surface area contributed by atoms with Crippen molar-refractivity contribution in [1.82, 2.24) is 10.1 Å². The fraction of sp³-hybridized carbons (Fsp3) is 0.273. The second-order valence-corrected chi connectivity index (χ2v) is 6.53. The van der Waals surface area contributed by atoms with Crippen LogP contribution in [0.4, 0.5) is 5.13 Å². The molecular weight excluding hydrogens is 302 g/mol. The van der Waals surface area contributed by atoms with Gasteiger partial charge in [0.2, 0.25) is 10.0 Å². The van der Waals surface area contributed by atoms with E-state index in [1.54, 1.807) is 13.0 Å². The zero-order valence-electron chi connectivity index (χ0n) is 10.5. The van der Waals surface area contributed by atoms with Gasteiger partial charge < -0.3 is 9.63 Å². The van der Waals surface area contributed by atoms with Gasteiger partial charge in [-0.3, -0.25) is 4.72 Å². The van der Waals surface area contributed by atoms with Crippen LogP contribution in [0.2, 0.25) is 0 Å². The molecule has 2 heterocycles. The minimum atomic E-state index is -3.60. The van der Waals surface area contributed by atoms with Crippen molar-refractivity contribution >= 4 is 26.5 Å². The third kappa shape index (κ3) is 4.06. The molecule has 2 rings (SSSR count). The van der Waals surface area contributed by atoms with Crippen molar-refractivity contribution in [3.05, 3.63) is 28.6 Å². The van der Waals surface area contributed by atoms with E-state index in [4.69, 9.17) is 9.63 Å². The Morgan fingerprint density at radius 3 is 3.00 bits per heavy atom. The Morgan fingerprint density at radius 1 is 1.55 bits per heavy atom. The lowest BCUT2D eigenvalue weighted by molar-refractivity contribution is 0.350. The Hall–Kier alpha value is -1.89. The number of aliphatic hydroxyl groups excluding tert-OH is 1. The smallest absolute Gasteiger partial charge is 0.240 e. The summed E-state index contributed by atoms with van der Waals surface area (Å²) in [6.45, 7) is 1.42. The molecule has 2 N–H and O–H groups in total. The molecule has 2 aromatic rings. The van der Waals surface area contributed by atoms with E-state index in [1.807, 2.05) is 0 Å². The van der Waals surface area contributed by atoms with Crippen LogP contribution < -0.4 is 4.72 Å². The molecule has 0 aliphatic heterocycles. The second kappa shape index (κ2) is 6.04. The molecule has 0 fully saturated rings. The molecule has 0 spiro atoms. The molecule has 0 aliphatic carbocycles. The zero-order chi connectivity index (χ0) is 14.6. The minimum absolute atomic E-state index is 0.215. The molecule has 2 aromatic heterocycles. The van der Waals surface area contributed by atoms with Crippen LogP contribution in [0.15, 0.2) is 16.8 Å². The number of aliphatic hydroxyl groups is 1. The SMILES string of the molecule is Cc1cc(CS(=O)(=O)Nc2ncc(C#CCO)s2)no1.